The van der Waals surface area contributed by atoms with Gasteiger partial charge in [-0.05, 0) is 30.2 Å². The summed E-state index contributed by atoms with van der Waals surface area (Å²) in [6.45, 7) is 1.78. The molecule has 1 aromatic heterocycles. The van der Waals surface area contributed by atoms with Crippen molar-refractivity contribution in [1.82, 2.24) is 4.98 Å². The molecule has 1 aromatic carbocycles. The maximum absolute atomic E-state index is 11.8. The van der Waals surface area contributed by atoms with E-state index in [4.69, 9.17) is 17.3 Å². The maximum Gasteiger partial charge on any atom is 0.268 e. The van der Waals surface area contributed by atoms with Crippen molar-refractivity contribution in [3.63, 3.8) is 0 Å². The van der Waals surface area contributed by atoms with E-state index in [9.17, 15) is 15.3 Å². The second-order valence-corrected chi connectivity index (χ2v) is 4.61. The zero-order valence-electron chi connectivity index (χ0n) is 10.5. The van der Waals surface area contributed by atoms with Crippen molar-refractivity contribution in [1.29, 1.82) is 10.5 Å². The van der Waals surface area contributed by atoms with Crippen LogP contribution in [0, 0.1) is 29.6 Å². The summed E-state index contributed by atoms with van der Waals surface area (Å²) in [7, 11) is 0. The highest BCUT2D eigenvalue weighted by Crippen LogP contribution is 2.31. The molecule has 0 saturated carbocycles. The number of nitrogens with two attached hydrogens (primary N) is 1. The van der Waals surface area contributed by atoms with Crippen molar-refractivity contribution in [2.75, 3.05) is 5.73 Å². The van der Waals surface area contributed by atoms with Gasteiger partial charge in [0.2, 0.25) is 0 Å². The third-order valence-electron chi connectivity index (χ3n) is 2.93. The molecule has 0 unspecified atom stereocenters. The first-order chi connectivity index (χ1) is 9.49. The maximum atomic E-state index is 11.8. The van der Waals surface area contributed by atoms with Gasteiger partial charge in [-0.2, -0.15) is 10.5 Å². The number of aromatic nitrogens is 1. The van der Waals surface area contributed by atoms with Gasteiger partial charge in [-0.15, -0.1) is 0 Å². The number of nitrogens with zero attached hydrogens (tertiary/aromatic N) is 2. The molecule has 98 valence electrons. The van der Waals surface area contributed by atoms with E-state index in [0.717, 1.165) is 5.56 Å². The Kier molecular flexibility index (Phi) is 3.47. The van der Waals surface area contributed by atoms with Crippen molar-refractivity contribution < 1.29 is 0 Å². The number of hydrogen-bond donors (Lipinski definition) is 2. The van der Waals surface area contributed by atoms with E-state index in [1.807, 2.05) is 12.1 Å². The Labute approximate surface area is 119 Å². The van der Waals surface area contributed by atoms with Crippen LogP contribution in [0.3, 0.4) is 0 Å². The first-order valence-corrected chi connectivity index (χ1v) is 5.99. The van der Waals surface area contributed by atoms with Gasteiger partial charge in [0.1, 0.15) is 29.1 Å². The molecule has 3 N–H and O–H groups in total. The van der Waals surface area contributed by atoms with Crippen LogP contribution in [0.15, 0.2) is 23.0 Å². The van der Waals surface area contributed by atoms with E-state index < -0.39 is 5.56 Å². The van der Waals surface area contributed by atoms with Gasteiger partial charge in [0.05, 0.1) is 0 Å². The summed E-state index contributed by atoms with van der Waals surface area (Å²) in [5, 5.41) is 18.9. The van der Waals surface area contributed by atoms with Gasteiger partial charge < -0.3 is 10.7 Å². The minimum Gasteiger partial charge on any atom is -0.384 e. The smallest absolute Gasteiger partial charge is 0.268 e. The topological polar surface area (TPSA) is 106 Å². The Morgan fingerprint density at radius 3 is 2.45 bits per heavy atom. The summed E-state index contributed by atoms with van der Waals surface area (Å²) in [5.74, 6) is -0.0548. The Morgan fingerprint density at radius 1 is 1.25 bits per heavy atom. The van der Waals surface area contributed by atoms with Crippen LogP contribution in [0.5, 0.6) is 0 Å². The Bertz CT molecular complexity index is 840. The molecule has 2 rings (SSSR count). The van der Waals surface area contributed by atoms with Crippen LogP contribution in [0.1, 0.15) is 16.7 Å². The summed E-state index contributed by atoms with van der Waals surface area (Å²) in [6, 6.07) is 8.73. The average Bonchev–Trinajstić information content (AvgIpc) is 2.38. The van der Waals surface area contributed by atoms with Gasteiger partial charge in [-0.3, -0.25) is 4.79 Å². The number of pyridine rings is 1. The lowest BCUT2D eigenvalue weighted by atomic mass is 9.93. The molecular formula is C14H9ClN4O. The van der Waals surface area contributed by atoms with Crippen LogP contribution in [0.2, 0.25) is 5.02 Å². The summed E-state index contributed by atoms with van der Waals surface area (Å²) < 4.78 is 0. The number of benzene rings is 1. The van der Waals surface area contributed by atoms with E-state index in [-0.39, 0.29) is 22.5 Å². The molecule has 20 heavy (non-hydrogen) atoms. The van der Waals surface area contributed by atoms with E-state index in [1.54, 1.807) is 25.1 Å². The first-order valence-electron chi connectivity index (χ1n) is 5.62. The molecule has 0 saturated heterocycles. The molecule has 6 heteroatoms. The summed E-state index contributed by atoms with van der Waals surface area (Å²) in [6.07, 6.45) is 0. The molecule has 0 radical (unpaired) electrons. The van der Waals surface area contributed by atoms with E-state index >= 15 is 0 Å². The molecule has 0 amide bonds. The normalized spacial score (nSPS) is 9.80. The molecular weight excluding hydrogens is 276 g/mol. The van der Waals surface area contributed by atoms with Crippen molar-refractivity contribution in [2.45, 2.75) is 6.92 Å². The minimum absolute atomic E-state index is 0.0548. The number of aryl methyl sites for hydroxylation is 1. The third-order valence-corrected chi connectivity index (χ3v) is 3.16. The van der Waals surface area contributed by atoms with Crippen LogP contribution < -0.4 is 11.3 Å². The number of anilines is 1. The Hall–Kier alpha value is -2.76. The molecule has 1 heterocycles. The van der Waals surface area contributed by atoms with Gasteiger partial charge in [0.15, 0.2) is 0 Å². The molecule has 0 fully saturated rings. The Balaban J connectivity index is 2.97. The van der Waals surface area contributed by atoms with Crippen LogP contribution in [-0.4, -0.2) is 4.98 Å². The number of nitriles is 2. The highest BCUT2D eigenvalue weighted by atomic mass is 35.5. The predicted molar refractivity (Wildman–Crippen MR) is 76.1 cm³/mol. The fourth-order valence-corrected chi connectivity index (χ4v) is 2.25. The number of nitrogens with one attached hydrogen (secondary N) is 1. The number of H-pyrrole nitrogens is 1. The number of aromatic amines is 1. The van der Waals surface area contributed by atoms with E-state index in [1.165, 1.54) is 0 Å². The molecule has 0 aliphatic rings. The van der Waals surface area contributed by atoms with Crippen LogP contribution in [-0.2, 0) is 0 Å². The second kappa shape index (κ2) is 5.08. The largest absolute Gasteiger partial charge is 0.384 e. The fourth-order valence-electron chi connectivity index (χ4n) is 2.02. The standard InChI is InChI=1S/C14H9ClN4O/c1-7-4-8(15)2-3-9(7)12-10(5-16)13(18)19-14(20)11(12)6-17/h2-4H,1H3,(H3,18,19,20). The number of halogens is 1. The average molecular weight is 285 g/mol. The zero-order chi connectivity index (χ0) is 14.9. The van der Waals surface area contributed by atoms with Gasteiger partial charge in [-0.25, -0.2) is 0 Å². The zero-order valence-corrected chi connectivity index (χ0v) is 11.2. The summed E-state index contributed by atoms with van der Waals surface area (Å²) in [5.41, 5.74) is 6.55. The predicted octanol–water partition coefficient (Wildman–Crippen LogP) is 2.33. The summed E-state index contributed by atoms with van der Waals surface area (Å²) >= 11 is 5.89. The molecule has 0 atom stereocenters. The quantitative estimate of drug-likeness (QED) is 0.838. The molecule has 2 aromatic rings. The molecule has 0 bridgehead atoms. The van der Waals surface area contributed by atoms with Gasteiger partial charge in [-0.1, -0.05) is 17.7 Å². The second-order valence-electron chi connectivity index (χ2n) is 4.18. The molecule has 0 aliphatic heterocycles. The highest BCUT2D eigenvalue weighted by molar-refractivity contribution is 6.30. The highest BCUT2D eigenvalue weighted by Gasteiger charge is 2.19. The van der Waals surface area contributed by atoms with Crippen molar-refractivity contribution in [3.05, 3.63) is 50.3 Å². The lowest BCUT2D eigenvalue weighted by molar-refractivity contribution is 1.21. The van der Waals surface area contributed by atoms with Crippen LogP contribution in [0.4, 0.5) is 5.82 Å². The first kappa shape index (κ1) is 13.7. The molecule has 0 spiro atoms. The Morgan fingerprint density at radius 2 is 1.90 bits per heavy atom. The van der Waals surface area contributed by atoms with Crippen molar-refractivity contribution >= 4 is 17.4 Å². The molecule has 0 aliphatic carbocycles. The monoisotopic (exact) mass is 284 g/mol. The fraction of sp³-hybridized carbons (Fsp3) is 0.0714. The number of nitrogen functional groups attached to an aromatic ring is 1. The lowest BCUT2D eigenvalue weighted by Gasteiger charge is -2.11. The van der Waals surface area contributed by atoms with E-state index in [2.05, 4.69) is 4.98 Å². The van der Waals surface area contributed by atoms with Crippen LogP contribution in [0.25, 0.3) is 11.1 Å². The molecule has 5 nitrogen and oxygen atoms in total. The number of rotatable bonds is 1. The SMILES string of the molecule is Cc1cc(Cl)ccc1-c1c(C#N)c(N)[nH]c(=O)c1C#N. The number of hydrogen-bond acceptors (Lipinski definition) is 4. The van der Waals surface area contributed by atoms with Gasteiger partial charge in [0, 0.05) is 10.6 Å². The van der Waals surface area contributed by atoms with Crippen LogP contribution >= 0.6 is 11.6 Å². The van der Waals surface area contributed by atoms with Gasteiger partial charge in [0.25, 0.3) is 5.56 Å². The third kappa shape index (κ3) is 2.11. The summed E-state index contributed by atoms with van der Waals surface area (Å²) in [4.78, 5) is 14.1. The van der Waals surface area contributed by atoms with Crippen molar-refractivity contribution in [2.24, 2.45) is 0 Å². The van der Waals surface area contributed by atoms with Crippen molar-refractivity contribution in [3.8, 4) is 23.3 Å². The minimum atomic E-state index is -0.617. The lowest BCUT2D eigenvalue weighted by Crippen LogP contribution is -2.16. The van der Waals surface area contributed by atoms with E-state index in [0.29, 0.717) is 10.6 Å². The van der Waals surface area contributed by atoms with Gasteiger partial charge >= 0.3 is 0 Å².